The first kappa shape index (κ1) is 16.7. The minimum absolute atomic E-state index is 0.209. The average molecular weight is 296 g/mol. The molecule has 2 rings (SSSR count). The molecule has 0 aliphatic carbocycles. The number of carbonyl (C=O) groups excluding carboxylic acids is 1. The molecule has 0 bridgehead atoms. The van der Waals surface area contributed by atoms with Crippen molar-refractivity contribution in [1.29, 1.82) is 0 Å². The molecule has 2 aliphatic heterocycles. The van der Waals surface area contributed by atoms with E-state index in [1.165, 1.54) is 32.5 Å². The fourth-order valence-electron chi connectivity index (χ4n) is 3.61. The molecule has 0 atom stereocenters. The van der Waals surface area contributed by atoms with Crippen LogP contribution >= 0.6 is 0 Å². The summed E-state index contributed by atoms with van der Waals surface area (Å²) in [5.74, 6) is 0.558. The first-order chi connectivity index (χ1) is 10.0. The maximum atomic E-state index is 10.9. The lowest BCUT2D eigenvalue weighted by atomic mass is 9.99. The maximum absolute atomic E-state index is 10.9. The fourth-order valence-corrected chi connectivity index (χ4v) is 3.61. The number of nitrogens with one attached hydrogen (secondary N) is 1. The van der Waals surface area contributed by atoms with Crippen LogP contribution in [0.5, 0.6) is 0 Å². The molecule has 0 spiro atoms. The number of likely N-dealkylation sites (tertiary alicyclic amines) is 2. The van der Waals surface area contributed by atoms with Crippen molar-refractivity contribution in [2.75, 3.05) is 39.3 Å². The number of nitrogens with zero attached hydrogens (tertiary/aromatic N) is 2. The van der Waals surface area contributed by atoms with E-state index in [1.807, 2.05) is 0 Å². The van der Waals surface area contributed by atoms with E-state index >= 15 is 0 Å². The summed E-state index contributed by atoms with van der Waals surface area (Å²) in [6, 6.07) is 1.30. The third-order valence-corrected chi connectivity index (χ3v) is 4.65. The van der Waals surface area contributed by atoms with E-state index in [9.17, 15) is 4.79 Å². The predicted octanol–water partition coefficient (Wildman–Crippen LogP) is 0.646. The molecule has 21 heavy (non-hydrogen) atoms. The van der Waals surface area contributed by atoms with Gasteiger partial charge >= 0.3 is 0 Å². The van der Waals surface area contributed by atoms with Crippen LogP contribution in [0.3, 0.4) is 0 Å². The molecule has 5 nitrogen and oxygen atoms in total. The molecule has 3 N–H and O–H groups in total. The number of hydrogen-bond donors (Lipinski definition) is 2. The molecular formula is C16H32N4O. The van der Waals surface area contributed by atoms with Crippen LogP contribution in [0.4, 0.5) is 0 Å². The lowest BCUT2D eigenvalue weighted by Gasteiger charge is -2.38. The fraction of sp³-hybridized carbons (Fsp3) is 0.938. The highest BCUT2D eigenvalue weighted by atomic mass is 16.1. The van der Waals surface area contributed by atoms with Crippen LogP contribution < -0.4 is 11.1 Å². The molecule has 122 valence electrons. The van der Waals surface area contributed by atoms with E-state index < -0.39 is 0 Å². The van der Waals surface area contributed by atoms with Gasteiger partial charge in [0.1, 0.15) is 0 Å². The Morgan fingerprint density at radius 3 is 1.95 bits per heavy atom. The summed E-state index contributed by atoms with van der Waals surface area (Å²) in [4.78, 5) is 15.7. The second-order valence-corrected chi connectivity index (χ2v) is 7.15. The van der Waals surface area contributed by atoms with Gasteiger partial charge < -0.3 is 16.0 Å². The van der Waals surface area contributed by atoms with Gasteiger partial charge in [0.15, 0.2) is 0 Å². The normalized spacial score (nSPS) is 23.8. The molecule has 0 aromatic heterocycles. The number of piperidine rings is 2. The highest BCUT2D eigenvalue weighted by molar-refractivity contribution is 5.75. The van der Waals surface area contributed by atoms with E-state index in [1.54, 1.807) is 0 Å². The van der Waals surface area contributed by atoms with Crippen LogP contribution in [-0.4, -0.2) is 67.1 Å². The Kier molecular flexibility index (Phi) is 6.45. The first-order valence-electron chi connectivity index (χ1n) is 8.52. The summed E-state index contributed by atoms with van der Waals surface area (Å²) in [6.45, 7) is 10.7. The number of nitrogens with two attached hydrogens (primary N) is 1. The van der Waals surface area contributed by atoms with Gasteiger partial charge in [-0.1, -0.05) is 13.8 Å². The summed E-state index contributed by atoms with van der Waals surface area (Å²) in [6.07, 6.45) is 4.82. The van der Waals surface area contributed by atoms with Gasteiger partial charge in [0, 0.05) is 31.7 Å². The van der Waals surface area contributed by atoms with E-state index in [0.717, 1.165) is 31.8 Å². The van der Waals surface area contributed by atoms with Crippen molar-refractivity contribution in [2.24, 2.45) is 11.7 Å². The van der Waals surface area contributed by atoms with Crippen LogP contribution in [-0.2, 0) is 4.79 Å². The average Bonchev–Trinajstić information content (AvgIpc) is 2.42. The number of carbonyl (C=O) groups is 1. The Morgan fingerprint density at radius 2 is 1.52 bits per heavy atom. The molecular weight excluding hydrogens is 264 g/mol. The van der Waals surface area contributed by atoms with Gasteiger partial charge in [-0.15, -0.1) is 0 Å². The zero-order valence-electron chi connectivity index (χ0n) is 13.7. The van der Waals surface area contributed by atoms with Crippen molar-refractivity contribution in [3.8, 4) is 0 Å². The van der Waals surface area contributed by atoms with Crippen LogP contribution in [0.2, 0.25) is 0 Å². The predicted molar refractivity (Wildman–Crippen MR) is 86.1 cm³/mol. The topological polar surface area (TPSA) is 61.6 Å². The summed E-state index contributed by atoms with van der Waals surface area (Å²) in [5, 5.41) is 3.84. The Hall–Kier alpha value is -0.650. The highest BCUT2D eigenvalue weighted by Crippen LogP contribution is 2.16. The molecule has 5 heteroatoms. The summed E-state index contributed by atoms with van der Waals surface area (Å²) < 4.78 is 0. The first-order valence-corrected chi connectivity index (χ1v) is 8.52. The van der Waals surface area contributed by atoms with E-state index in [-0.39, 0.29) is 5.91 Å². The Bertz CT molecular complexity index is 318. The Morgan fingerprint density at radius 1 is 1.05 bits per heavy atom. The molecule has 2 aliphatic rings. The van der Waals surface area contributed by atoms with Crippen molar-refractivity contribution in [1.82, 2.24) is 15.1 Å². The molecule has 1 amide bonds. The standard InChI is InChI=1S/C16H32N4O/c1-13(2)11-19-7-3-14(4-8-19)18-15-5-9-20(10-6-15)12-16(17)21/h13-15,18H,3-12H2,1-2H3,(H2,17,21). The van der Waals surface area contributed by atoms with Gasteiger partial charge in [0.25, 0.3) is 0 Å². The van der Waals surface area contributed by atoms with E-state index in [0.29, 0.717) is 18.6 Å². The van der Waals surface area contributed by atoms with Crippen molar-refractivity contribution >= 4 is 5.91 Å². The van der Waals surface area contributed by atoms with Crippen molar-refractivity contribution in [3.05, 3.63) is 0 Å². The molecule has 2 heterocycles. The zero-order chi connectivity index (χ0) is 15.2. The molecule has 2 saturated heterocycles. The second kappa shape index (κ2) is 8.11. The van der Waals surface area contributed by atoms with E-state index in [2.05, 4.69) is 29.0 Å². The minimum Gasteiger partial charge on any atom is -0.369 e. The number of amides is 1. The molecule has 0 saturated carbocycles. The van der Waals surface area contributed by atoms with Gasteiger partial charge in [-0.05, 0) is 44.7 Å². The van der Waals surface area contributed by atoms with Crippen LogP contribution in [0, 0.1) is 5.92 Å². The van der Waals surface area contributed by atoms with Crippen molar-refractivity contribution in [3.63, 3.8) is 0 Å². The Labute approximate surface area is 129 Å². The largest absolute Gasteiger partial charge is 0.369 e. The smallest absolute Gasteiger partial charge is 0.231 e. The van der Waals surface area contributed by atoms with Gasteiger partial charge in [0.2, 0.25) is 5.91 Å². The van der Waals surface area contributed by atoms with Crippen LogP contribution in [0.25, 0.3) is 0 Å². The lowest BCUT2D eigenvalue weighted by molar-refractivity contribution is -0.119. The summed E-state index contributed by atoms with van der Waals surface area (Å²) in [5.41, 5.74) is 5.25. The second-order valence-electron chi connectivity index (χ2n) is 7.15. The molecule has 0 aromatic rings. The van der Waals surface area contributed by atoms with Gasteiger partial charge in [-0.2, -0.15) is 0 Å². The Balaban J connectivity index is 1.62. The molecule has 0 unspecified atom stereocenters. The van der Waals surface area contributed by atoms with Gasteiger partial charge in [0.05, 0.1) is 6.54 Å². The monoisotopic (exact) mass is 296 g/mol. The van der Waals surface area contributed by atoms with Crippen molar-refractivity contribution < 1.29 is 4.79 Å². The number of rotatable bonds is 6. The van der Waals surface area contributed by atoms with Crippen LogP contribution in [0.1, 0.15) is 39.5 Å². The molecule has 0 aromatic carbocycles. The van der Waals surface area contributed by atoms with Gasteiger partial charge in [-0.3, -0.25) is 9.69 Å². The third kappa shape index (κ3) is 5.93. The van der Waals surface area contributed by atoms with E-state index in [4.69, 9.17) is 5.73 Å². The lowest BCUT2D eigenvalue weighted by Crippen LogP contribution is -2.51. The summed E-state index contributed by atoms with van der Waals surface area (Å²) >= 11 is 0. The maximum Gasteiger partial charge on any atom is 0.231 e. The third-order valence-electron chi connectivity index (χ3n) is 4.65. The van der Waals surface area contributed by atoms with Crippen LogP contribution in [0.15, 0.2) is 0 Å². The van der Waals surface area contributed by atoms with Crippen molar-refractivity contribution in [2.45, 2.75) is 51.6 Å². The zero-order valence-corrected chi connectivity index (χ0v) is 13.7. The number of primary amides is 1. The molecule has 2 fully saturated rings. The highest BCUT2D eigenvalue weighted by Gasteiger charge is 2.25. The summed E-state index contributed by atoms with van der Waals surface area (Å²) in [7, 11) is 0. The van der Waals surface area contributed by atoms with Gasteiger partial charge in [-0.25, -0.2) is 0 Å². The minimum atomic E-state index is -0.209. The number of hydrogen-bond acceptors (Lipinski definition) is 4. The molecule has 0 radical (unpaired) electrons. The SMILES string of the molecule is CC(C)CN1CCC(NC2CCN(CC(N)=O)CC2)CC1. The quantitative estimate of drug-likeness (QED) is 0.755.